The number of carbonyl (C=O) groups excluding carboxylic acids is 2. The molecule has 30 heavy (non-hydrogen) atoms. The van der Waals surface area contributed by atoms with Gasteiger partial charge in [-0.1, -0.05) is 23.7 Å². The predicted molar refractivity (Wildman–Crippen MR) is 119 cm³/mol. The Kier molecular flexibility index (Phi) is 7.82. The fraction of sp³-hybridized carbons (Fsp3) is 0.476. The van der Waals surface area contributed by atoms with Crippen molar-refractivity contribution in [3.63, 3.8) is 0 Å². The average Bonchev–Trinajstić information content (AvgIpc) is 3.07. The van der Waals surface area contributed by atoms with Crippen LogP contribution in [0.25, 0.3) is 0 Å². The van der Waals surface area contributed by atoms with Gasteiger partial charge in [0.1, 0.15) is 0 Å². The lowest BCUT2D eigenvalue weighted by Crippen LogP contribution is -2.44. The highest BCUT2D eigenvalue weighted by Crippen LogP contribution is 2.22. The number of benzene rings is 1. The number of carbonyl (C=O) groups is 2. The molecule has 0 bridgehead atoms. The molecular weight excluding hydrogens is 424 g/mol. The van der Waals surface area contributed by atoms with Gasteiger partial charge < -0.3 is 15.4 Å². The molecule has 1 aromatic heterocycles. The van der Waals surface area contributed by atoms with E-state index in [1.165, 1.54) is 18.3 Å². The molecule has 0 saturated carbocycles. The summed E-state index contributed by atoms with van der Waals surface area (Å²) in [7, 11) is 0. The maximum atomic E-state index is 12.6. The van der Waals surface area contributed by atoms with Crippen LogP contribution in [0.3, 0.4) is 0 Å². The molecule has 1 aliphatic rings. The molecule has 2 aromatic rings. The largest absolute Gasteiger partial charge is 0.373 e. The molecule has 1 fully saturated rings. The lowest BCUT2D eigenvalue weighted by molar-refractivity contribution is -0.120. The zero-order valence-electron chi connectivity index (χ0n) is 17.4. The molecule has 162 valence electrons. The Labute approximate surface area is 185 Å². The number of amides is 2. The molecule has 3 rings (SSSR count). The number of thiazole rings is 1. The minimum Gasteiger partial charge on any atom is -0.373 e. The van der Waals surface area contributed by atoms with Crippen LogP contribution in [0.1, 0.15) is 44.5 Å². The van der Waals surface area contributed by atoms with Gasteiger partial charge >= 0.3 is 0 Å². The number of anilines is 1. The first-order valence-electron chi connectivity index (χ1n) is 9.93. The third-order valence-corrected chi connectivity index (χ3v) is 5.78. The highest BCUT2D eigenvalue weighted by Gasteiger charge is 2.23. The second kappa shape index (κ2) is 10.3. The smallest absolute Gasteiger partial charge is 0.228 e. The second-order valence-corrected chi connectivity index (χ2v) is 8.95. The van der Waals surface area contributed by atoms with Gasteiger partial charge in [-0.05, 0) is 31.5 Å². The van der Waals surface area contributed by atoms with Crippen LogP contribution >= 0.6 is 22.9 Å². The maximum Gasteiger partial charge on any atom is 0.228 e. The fourth-order valence-electron chi connectivity index (χ4n) is 3.63. The Balaban J connectivity index is 1.58. The number of hydrogen-bond acceptors (Lipinski definition) is 6. The summed E-state index contributed by atoms with van der Waals surface area (Å²) < 4.78 is 5.77. The lowest BCUT2D eigenvalue weighted by Gasteiger charge is -2.34. The molecule has 0 spiro atoms. The van der Waals surface area contributed by atoms with Crippen molar-refractivity contribution in [2.75, 3.05) is 18.4 Å². The van der Waals surface area contributed by atoms with Gasteiger partial charge in [0.25, 0.3) is 0 Å². The Hall–Kier alpha value is -2.00. The van der Waals surface area contributed by atoms with Crippen LogP contribution in [0.15, 0.2) is 29.6 Å². The second-order valence-electron chi connectivity index (χ2n) is 7.65. The molecular formula is C21H27ClN4O3S. The summed E-state index contributed by atoms with van der Waals surface area (Å²) in [6.07, 6.45) is 0.504. The van der Waals surface area contributed by atoms with Crippen LogP contribution in [-0.2, 0) is 20.9 Å². The SMILES string of the molecule is CC(=O)N[C@H](CC(=O)Nc1nc(CN2C[C@@H](C)O[C@@H](C)C2)cs1)c1ccc(Cl)cc1. The quantitative estimate of drug-likeness (QED) is 0.673. The van der Waals surface area contributed by atoms with Crippen molar-refractivity contribution in [3.05, 3.63) is 45.9 Å². The minimum atomic E-state index is -0.435. The first-order chi connectivity index (χ1) is 14.3. The Morgan fingerprint density at radius 3 is 2.57 bits per heavy atom. The molecule has 1 saturated heterocycles. The minimum absolute atomic E-state index is 0.106. The maximum absolute atomic E-state index is 12.6. The summed E-state index contributed by atoms with van der Waals surface area (Å²) >= 11 is 7.34. The highest BCUT2D eigenvalue weighted by molar-refractivity contribution is 7.13. The zero-order chi connectivity index (χ0) is 21.7. The first-order valence-corrected chi connectivity index (χ1v) is 11.2. The lowest BCUT2D eigenvalue weighted by atomic mass is 10.0. The number of hydrogen-bond donors (Lipinski definition) is 2. The third kappa shape index (κ3) is 6.77. The standard InChI is InChI=1S/C21H27ClN4O3S/c1-13-9-26(10-14(2)29-13)11-18-12-30-21(24-18)25-20(28)8-19(23-15(3)27)16-4-6-17(22)7-5-16/h4-7,12-14,19H,8-11H2,1-3H3,(H,23,27)(H,24,25,28)/t13-,14+,19-/m1/s1. The van der Waals surface area contributed by atoms with Crippen molar-refractivity contribution < 1.29 is 14.3 Å². The van der Waals surface area contributed by atoms with Gasteiger partial charge in [-0.3, -0.25) is 14.5 Å². The molecule has 0 aliphatic carbocycles. The first kappa shape index (κ1) is 22.7. The molecule has 0 unspecified atom stereocenters. The van der Waals surface area contributed by atoms with Gasteiger partial charge in [0.05, 0.1) is 30.4 Å². The molecule has 2 N–H and O–H groups in total. The van der Waals surface area contributed by atoms with E-state index in [1.54, 1.807) is 12.1 Å². The van der Waals surface area contributed by atoms with Crippen molar-refractivity contribution in [1.82, 2.24) is 15.2 Å². The van der Waals surface area contributed by atoms with Gasteiger partial charge in [-0.25, -0.2) is 4.98 Å². The van der Waals surface area contributed by atoms with Crippen LogP contribution < -0.4 is 10.6 Å². The fourth-order valence-corrected chi connectivity index (χ4v) is 4.47. The number of nitrogens with zero attached hydrogens (tertiary/aromatic N) is 2. The van der Waals surface area contributed by atoms with Crippen molar-refractivity contribution >= 4 is 39.9 Å². The van der Waals surface area contributed by atoms with Crippen molar-refractivity contribution in [3.8, 4) is 0 Å². The van der Waals surface area contributed by atoms with E-state index in [-0.39, 0.29) is 30.4 Å². The summed E-state index contributed by atoms with van der Waals surface area (Å²) in [6.45, 7) is 8.03. The number of rotatable bonds is 7. The zero-order valence-corrected chi connectivity index (χ0v) is 18.9. The van der Waals surface area contributed by atoms with Gasteiger partial charge in [0, 0.05) is 37.0 Å². The number of aromatic nitrogens is 1. The highest BCUT2D eigenvalue weighted by atomic mass is 35.5. The van der Waals surface area contributed by atoms with Gasteiger partial charge in [0.15, 0.2) is 5.13 Å². The van der Waals surface area contributed by atoms with Crippen LogP contribution in [0.5, 0.6) is 0 Å². The number of halogens is 1. The van der Waals surface area contributed by atoms with Gasteiger partial charge in [-0.15, -0.1) is 11.3 Å². The van der Waals surface area contributed by atoms with Crippen LogP contribution in [0, 0.1) is 0 Å². The van der Waals surface area contributed by atoms with Crippen LogP contribution in [0.2, 0.25) is 5.02 Å². The molecule has 1 aromatic carbocycles. The molecule has 0 radical (unpaired) electrons. The summed E-state index contributed by atoms with van der Waals surface area (Å²) in [5.74, 6) is -0.411. The summed E-state index contributed by atoms with van der Waals surface area (Å²) in [6, 6.07) is 6.66. The van der Waals surface area contributed by atoms with E-state index in [4.69, 9.17) is 16.3 Å². The molecule has 2 amide bonds. The molecule has 3 atom stereocenters. The normalized spacial score (nSPS) is 20.5. The number of ether oxygens (including phenoxy) is 1. The predicted octanol–water partition coefficient (Wildman–Crippen LogP) is 3.61. The third-order valence-electron chi connectivity index (χ3n) is 4.72. The molecule has 7 nitrogen and oxygen atoms in total. The van der Waals surface area contributed by atoms with Crippen molar-refractivity contribution in [2.45, 2.75) is 52.0 Å². The topological polar surface area (TPSA) is 83.6 Å². The Morgan fingerprint density at radius 1 is 1.27 bits per heavy atom. The van der Waals surface area contributed by atoms with E-state index in [9.17, 15) is 9.59 Å². The number of nitrogens with one attached hydrogen (secondary N) is 2. The van der Waals surface area contributed by atoms with Crippen LogP contribution in [-0.4, -0.2) is 47.0 Å². The number of morpholine rings is 1. The van der Waals surface area contributed by atoms with E-state index in [0.29, 0.717) is 10.2 Å². The van der Waals surface area contributed by atoms with E-state index >= 15 is 0 Å². The van der Waals surface area contributed by atoms with Crippen molar-refractivity contribution in [1.29, 1.82) is 0 Å². The Bertz CT molecular complexity index is 863. The summed E-state index contributed by atoms with van der Waals surface area (Å²) in [5, 5.41) is 8.79. The van der Waals surface area contributed by atoms with E-state index in [2.05, 4.69) is 34.4 Å². The average molecular weight is 451 g/mol. The summed E-state index contributed by atoms with van der Waals surface area (Å²) in [4.78, 5) is 31.0. The van der Waals surface area contributed by atoms with E-state index in [1.807, 2.05) is 17.5 Å². The molecule has 2 heterocycles. The van der Waals surface area contributed by atoms with E-state index < -0.39 is 6.04 Å². The van der Waals surface area contributed by atoms with Crippen LogP contribution in [0.4, 0.5) is 5.13 Å². The molecule has 1 aliphatic heterocycles. The molecule has 9 heteroatoms. The van der Waals surface area contributed by atoms with Crippen molar-refractivity contribution in [2.24, 2.45) is 0 Å². The summed E-state index contributed by atoms with van der Waals surface area (Å²) in [5.41, 5.74) is 1.74. The van der Waals surface area contributed by atoms with Gasteiger partial charge in [-0.2, -0.15) is 0 Å². The van der Waals surface area contributed by atoms with E-state index in [0.717, 1.165) is 30.9 Å². The van der Waals surface area contributed by atoms with Gasteiger partial charge in [0.2, 0.25) is 11.8 Å². The Morgan fingerprint density at radius 2 is 1.93 bits per heavy atom. The monoisotopic (exact) mass is 450 g/mol.